The van der Waals surface area contributed by atoms with Gasteiger partial charge in [-0.2, -0.15) is 0 Å². The molecule has 8 heteroatoms. The molecule has 32 heavy (non-hydrogen) atoms. The van der Waals surface area contributed by atoms with Gasteiger partial charge in [0.1, 0.15) is 17.5 Å². The van der Waals surface area contributed by atoms with E-state index in [1.54, 1.807) is 38.4 Å². The van der Waals surface area contributed by atoms with Crippen molar-refractivity contribution in [1.82, 2.24) is 0 Å². The van der Waals surface area contributed by atoms with Crippen molar-refractivity contribution in [1.29, 1.82) is 0 Å². The van der Waals surface area contributed by atoms with Crippen molar-refractivity contribution < 1.29 is 4.79 Å². The lowest BCUT2D eigenvalue weighted by atomic mass is 10.1. The van der Waals surface area contributed by atoms with Crippen molar-refractivity contribution in [2.75, 3.05) is 19.4 Å². The van der Waals surface area contributed by atoms with Crippen LogP contribution in [-0.2, 0) is 0 Å². The molecule has 0 aromatic heterocycles. The van der Waals surface area contributed by atoms with Gasteiger partial charge in [0.15, 0.2) is 0 Å². The molecule has 0 aliphatic rings. The summed E-state index contributed by atoms with van der Waals surface area (Å²) in [5.74, 6) is 1.02. The van der Waals surface area contributed by atoms with Gasteiger partial charge in [0.2, 0.25) is 5.91 Å². The topological polar surface area (TPSA) is 144 Å². The molecule has 0 atom stereocenters. The molecule has 162 valence electrons. The predicted octanol–water partition coefficient (Wildman–Crippen LogP) is 2.65. The second kappa shape index (κ2) is 10.0. The number of hydrogen-bond donors (Lipinski definition) is 4. The highest BCUT2D eigenvalue weighted by Crippen LogP contribution is 2.18. The average Bonchev–Trinajstić information content (AvgIpc) is 2.83. The molecular formula is C24H25N7O. The third-order valence-electron chi connectivity index (χ3n) is 4.77. The Bertz CT molecular complexity index is 1180. The third kappa shape index (κ3) is 5.37. The fraction of sp³-hybridized carbons (Fsp3) is 0.0833. The molecule has 0 bridgehead atoms. The van der Waals surface area contributed by atoms with Gasteiger partial charge >= 0.3 is 0 Å². The minimum atomic E-state index is -0.487. The highest BCUT2D eigenvalue weighted by Gasteiger charge is 2.08. The quantitative estimate of drug-likeness (QED) is 0.354. The van der Waals surface area contributed by atoms with Gasteiger partial charge < -0.3 is 22.5 Å². The van der Waals surface area contributed by atoms with Crippen LogP contribution in [0.2, 0.25) is 0 Å². The number of nitrogens with zero attached hydrogens (tertiary/aromatic N) is 3. The highest BCUT2D eigenvalue weighted by atomic mass is 16.1. The van der Waals surface area contributed by atoms with E-state index in [1.807, 2.05) is 48.5 Å². The van der Waals surface area contributed by atoms with Gasteiger partial charge in [-0.05, 0) is 60.7 Å². The first kappa shape index (κ1) is 22.2. The maximum Gasteiger partial charge on any atom is 0.248 e. The Kier molecular flexibility index (Phi) is 6.97. The fourth-order valence-corrected chi connectivity index (χ4v) is 2.91. The predicted molar refractivity (Wildman–Crippen MR) is 131 cm³/mol. The third-order valence-corrected chi connectivity index (χ3v) is 4.77. The first-order valence-electron chi connectivity index (χ1n) is 9.82. The summed E-state index contributed by atoms with van der Waals surface area (Å²) in [5, 5.41) is 3.33. The molecule has 0 saturated carbocycles. The van der Waals surface area contributed by atoms with E-state index < -0.39 is 5.91 Å². The van der Waals surface area contributed by atoms with E-state index in [4.69, 9.17) is 22.2 Å². The van der Waals surface area contributed by atoms with Crippen LogP contribution in [0.15, 0.2) is 87.8 Å². The molecule has 3 rings (SSSR count). The molecule has 0 fully saturated rings. The van der Waals surface area contributed by atoms with Crippen LogP contribution in [0.1, 0.15) is 27.0 Å². The van der Waals surface area contributed by atoms with Gasteiger partial charge in [0.05, 0.1) is 5.69 Å². The maximum absolute atomic E-state index is 11.4. The van der Waals surface area contributed by atoms with E-state index in [-0.39, 0.29) is 0 Å². The molecule has 7 N–H and O–H groups in total. The normalized spacial score (nSPS) is 12.5. The van der Waals surface area contributed by atoms with Gasteiger partial charge in [-0.15, -0.1) is 0 Å². The minimum absolute atomic E-state index is 0.422. The van der Waals surface area contributed by atoms with Gasteiger partial charge in [-0.3, -0.25) is 14.8 Å². The Hall–Kier alpha value is -4.46. The van der Waals surface area contributed by atoms with E-state index in [0.717, 1.165) is 28.1 Å². The molecule has 8 nitrogen and oxygen atoms in total. The molecule has 3 aromatic rings. The zero-order valence-corrected chi connectivity index (χ0v) is 17.9. The monoisotopic (exact) mass is 427 g/mol. The number of amidine groups is 3. The van der Waals surface area contributed by atoms with Crippen LogP contribution in [0.5, 0.6) is 0 Å². The number of carbonyl (C=O) groups is 1. The summed E-state index contributed by atoms with van der Waals surface area (Å²) in [6, 6.07) is 21.9. The van der Waals surface area contributed by atoms with Crippen LogP contribution in [0.3, 0.4) is 0 Å². The molecule has 0 spiro atoms. The number of rotatable bonds is 6. The smallest absolute Gasteiger partial charge is 0.248 e. The number of nitrogens with two attached hydrogens (primary N) is 3. The van der Waals surface area contributed by atoms with Crippen LogP contribution in [0.25, 0.3) is 0 Å². The van der Waals surface area contributed by atoms with Crippen LogP contribution < -0.4 is 22.5 Å². The highest BCUT2D eigenvalue weighted by molar-refractivity contribution is 6.10. The number of aliphatic imine (C=N–C) groups is 3. The number of carbonyl (C=O) groups excluding carboxylic acids is 1. The number of benzene rings is 3. The fourth-order valence-electron chi connectivity index (χ4n) is 2.91. The van der Waals surface area contributed by atoms with Crippen molar-refractivity contribution in [3.05, 3.63) is 95.1 Å². The lowest BCUT2D eigenvalue weighted by molar-refractivity contribution is 0.100. The Morgan fingerprint density at radius 1 is 0.656 bits per heavy atom. The second-order valence-corrected chi connectivity index (χ2v) is 6.87. The molecule has 0 heterocycles. The standard InChI is InChI=1S/C24H25N7O/c1-28-21(25)15-7-11-19(12-8-15)30-24(18-5-3-17(4-6-18)23(27)32)31-20-13-9-16(10-14-20)22(26)29-2/h3-14H,1-2H3,(H2,25,28)(H2,26,29)(H2,27,32)(H,30,31). The first-order valence-corrected chi connectivity index (χ1v) is 9.82. The first-order chi connectivity index (χ1) is 15.4. The molecule has 0 aliphatic carbocycles. The SMILES string of the molecule is CN=C(N)c1ccc(N=C(Nc2ccc(C(N)=NC)cc2)c2ccc(C(N)=O)cc2)cc1. The molecule has 0 unspecified atom stereocenters. The number of amides is 1. The van der Waals surface area contributed by atoms with Crippen LogP contribution in [-0.4, -0.2) is 37.5 Å². The Morgan fingerprint density at radius 3 is 1.56 bits per heavy atom. The molecule has 0 radical (unpaired) electrons. The van der Waals surface area contributed by atoms with E-state index >= 15 is 0 Å². The summed E-state index contributed by atoms with van der Waals surface area (Å²) in [7, 11) is 3.29. The van der Waals surface area contributed by atoms with Crippen molar-refractivity contribution in [3.8, 4) is 0 Å². The van der Waals surface area contributed by atoms with E-state index in [2.05, 4.69) is 15.3 Å². The maximum atomic E-state index is 11.4. The van der Waals surface area contributed by atoms with Crippen molar-refractivity contribution in [3.63, 3.8) is 0 Å². The van der Waals surface area contributed by atoms with E-state index in [0.29, 0.717) is 23.1 Å². The average molecular weight is 428 g/mol. The van der Waals surface area contributed by atoms with E-state index in [9.17, 15) is 4.79 Å². The minimum Gasteiger partial charge on any atom is -0.384 e. The molecular weight excluding hydrogens is 402 g/mol. The Labute approximate surface area is 186 Å². The van der Waals surface area contributed by atoms with Gasteiger partial charge in [-0.1, -0.05) is 12.1 Å². The molecule has 0 aliphatic heterocycles. The van der Waals surface area contributed by atoms with E-state index in [1.165, 1.54) is 0 Å². The van der Waals surface area contributed by atoms with Crippen LogP contribution in [0.4, 0.5) is 11.4 Å². The lowest BCUT2D eigenvalue weighted by Gasteiger charge is -2.12. The van der Waals surface area contributed by atoms with Crippen molar-refractivity contribution in [2.24, 2.45) is 32.2 Å². The number of nitrogens with one attached hydrogen (secondary N) is 1. The zero-order chi connectivity index (χ0) is 23.1. The zero-order valence-electron chi connectivity index (χ0n) is 17.9. The largest absolute Gasteiger partial charge is 0.384 e. The molecule has 3 aromatic carbocycles. The molecule has 1 amide bonds. The van der Waals surface area contributed by atoms with Gasteiger partial charge in [0.25, 0.3) is 0 Å². The number of anilines is 1. The number of hydrogen-bond acceptors (Lipinski definition) is 4. The Morgan fingerprint density at radius 2 is 1.09 bits per heavy atom. The summed E-state index contributed by atoms with van der Waals surface area (Å²) in [5.41, 5.74) is 21.5. The summed E-state index contributed by atoms with van der Waals surface area (Å²) < 4.78 is 0. The van der Waals surface area contributed by atoms with Gasteiger partial charge in [-0.25, -0.2) is 4.99 Å². The second-order valence-electron chi connectivity index (χ2n) is 6.87. The summed E-state index contributed by atoms with van der Waals surface area (Å²) in [4.78, 5) is 24.2. The van der Waals surface area contributed by atoms with Crippen molar-refractivity contribution >= 4 is 34.8 Å². The summed E-state index contributed by atoms with van der Waals surface area (Å²) in [6.45, 7) is 0. The number of primary amides is 1. The van der Waals surface area contributed by atoms with Gasteiger partial charge in [0, 0.05) is 42.0 Å². The summed E-state index contributed by atoms with van der Waals surface area (Å²) >= 11 is 0. The van der Waals surface area contributed by atoms with Crippen LogP contribution >= 0.6 is 0 Å². The summed E-state index contributed by atoms with van der Waals surface area (Å²) in [6.07, 6.45) is 0. The van der Waals surface area contributed by atoms with Crippen molar-refractivity contribution in [2.45, 2.75) is 0 Å². The Balaban J connectivity index is 1.97. The molecule has 0 saturated heterocycles. The van der Waals surface area contributed by atoms with Crippen LogP contribution in [0, 0.1) is 0 Å². The lowest BCUT2D eigenvalue weighted by Crippen LogP contribution is -2.16.